The summed E-state index contributed by atoms with van der Waals surface area (Å²) < 4.78 is 10.3. The van der Waals surface area contributed by atoms with Gasteiger partial charge in [0.1, 0.15) is 5.75 Å². The van der Waals surface area contributed by atoms with Crippen LogP contribution in [-0.2, 0) is 15.3 Å². The van der Waals surface area contributed by atoms with Crippen molar-refractivity contribution in [1.82, 2.24) is 4.90 Å². The van der Waals surface area contributed by atoms with E-state index in [1.165, 1.54) is 5.56 Å². The van der Waals surface area contributed by atoms with Crippen LogP contribution in [0, 0.1) is 0 Å². The molecule has 0 aliphatic carbocycles. The zero-order valence-corrected chi connectivity index (χ0v) is 11.9. The Morgan fingerprint density at radius 2 is 2.00 bits per heavy atom. The summed E-state index contributed by atoms with van der Waals surface area (Å²) in [4.78, 5) is 13.8. The highest BCUT2D eigenvalue weighted by Crippen LogP contribution is 2.17. The van der Waals surface area contributed by atoms with Gasteiger partial charge in [-0.1, -0.05) is 12.1 Å². The van der Waals surface area contributed by atoms with Crippen LogP contribution in [0.1, 0.15) is 5.56 Å². The number of amides is 1. The van der Waals surface area contributed by atoms with Crippen molar-refractivity contribution >= 4 is 17.7 Å². The lowest BCUT2D eigenvalue weighted by atomic mass is 10.2. The molecule has 0 atom stereocenters. The molecule has 1 aromatic rings. The van der Waals surface area contributed by atoms with E-state index in [1.54, 1.807) is 18.9 Å². The zero-order chi connectivity index (χ0) is 13.5. The minimum Gasteiger partial charge on any atom is -0.497 e. The van der Waals surface area contributed by atoms with Gasteiger partial charge in [-0.3, -0.25) is 4.79 Å². The van der Waals surface area contributed by atoms with Gasteiger partial charge in [0.15, 0.2) is 0 Å². The molecule has 1 saturated heterocycles. The van der Waals surface area contributed by atoms with E-state index in [0.29, 0.717) is 19.0 Å². The van der Waals surface area contributed by atoms with Gasteiger partial charge in [0.05, 0.1) is 26.1 Å². The van der Waals surface area contributed by atoms with Crippen LogP contribution in [0.2, 0.25) is 0 Å². The molecule has 0 unspecified atom stereocenters. The molecule has 5 heteroatoms. The third-order valence-corrected chi connectivity index (χ3v) is 4.01. The van der Waals surface area contributed by atoms with Crippen LogP contribution in [0.25, 0.3) is 0 Å². The van der Waals surface area contributed by atoms with E-state index in [-0.39, 0.29) is 5.91 Å². The summed E-state index contributed by atoms with van der Waals surface area (Å²) in [6.45, 7) is 2.77. The summed E-state index contributed by atoms with van der Waals surface area (Å²) in [5, 5.41) is 0. The summed E-state index contributed by atoms with van der Waals surface area (Å²) in [5.41, 5.74) is 1.21. The summed E-state index contributed by atoms with van der Waals surface area (Å²) in [6.07, 6.45) is 0. The van der Waals surface area contributed by atoms with Gasteiger partial charge < -0.3 is 14.4 Å². The Hall–Kier alpha value is -1.20. The van der Waals surface area contributed by atoms with Crippen molar-refractivity contribution in [1.29, 1.82) is 0 Å². The van der Waals surface area contributed by atoms with E-state index >= 15 is 0 Å². The highest BCUT2D eigenvalue weighted by molar-refractivity contribution is 7.99. The van der Waals surface area contributed by atoms with Crippen molar-refractivity contribution in [2.75, 3.05) is 39.2 Å². The van der Waals surface area contributed by atoms with Gasteiger partial charge in [0, 0.05) is 18.8 Å². The van der Waals surface area contributed by atoms with Crippen LogP contribution < -0.4 is 4.74 Å². The molecule has 19 heavy (non-hydrogen) atoms. The van der Waals surface area contributed by atoms with Gasteiger partial charge in [-0.25, -0.2) is 0 Å². The Balaban J connectivity index is 1.71. The molecule has 0 bridgehead atoms. The van der Waals surface area contributed by atoms with Gasteiger partial charge in [-0.15, -0.1) is 11.8 Å². The monoisotopic (exact) mass is 281 g/mol. The molecule has 1 fully saturated rings. The van der Waals surface area contributed by atoms with Crippen LogP contribution >= 0.6 is 11.8 Å². The molecule has 104 valence electrons. The Bertz CT molecular complexity index is 402. The predicted molar refractivity (Wildman–Crippen MR) is 76.6 cm³/mol. The van der Waals surface area contributed by atoms with Crippen molar-refractivity contribution in [3.63, 3.8) is 0 Å². The van der Waals surface area contributed by atoms with Crippen LogP contribution in [0.3, 0.4) is 0 Å². The minimum atomic E-state index is 0.210. The Morgan fingerprint density at radius 3 is 2.63 bits per heavy atom. The highest BCUT2D eigenvalue weighted by Gasteiger charge is 2.16. The van der Waals surface area contributed by atoms with Crippen LogP contribution in [0.5, 0.6) is 5.75 Å². The zero-order valence-electron chi connectivity index (χ0n) is 11.1. The normalized spacial score (nSPS) is 15.3. The summed E-state index contributed by atoms with van der Waals surface area (Å²) in [5.74, 6) is 2.45. The number of nitrogens with zero attached hydrogens (tertiary/aromatic N) is 1. The molecule has 0 saturated carbocycles. The number of hydrogen-bond donors (Lipinski definition) is 0. The second-order valence-electron chi connectivity index (χ2n) is 4.33. The maximum Gasteiger partial charge on any atom is 0.232 e. The Labute approximate surface area is 118 Å². The topological polar surface area (TPSA) is 38.8 Å². The molecule has 1 amide bonds. The quantitative estimate of drug-likeness (QED) is 0.825. The van der Waals surface area contributed by atoms with E-state index in [2.05, 4.69) is 0 Å². The average molecular weight is 281 g/mol. The number of thioether (sulfide) groups is 1. The number of carbonyl (C=O) groups excluding carboxylic acids is 1. The van der Waals surface area contributed by atoms with Gasteiger partial charge >= 0.3 is 0 Å². The van der Waals surface area contributed by atoms with E-state index in [1.807, 2.05) is 29.2 Å². The smallest absolute Gasteiger partial charge is 0.232 e. The van der Waals surface area contributed by atoms with E-state index in [4.69, 9.17) is 9.47 Å². The lowest BCUT2D eigenvalue weighted by molar-refractivity contribution is -0.132. The van der Waals surface area contributed by atoms with Crippen molar-refractivity contribution in [3.05, 3.63) is 29.8 Å². The first-order valence-corrected chi connectivity index (χ1v) is 7.51. The number of methoxy groups -OCH3 is 1. The lowest BCUT2D eigenvalue weighted by Gasteiger charge is -2.26. The van der Waals surface area contributed by atoms with Crippen molar-refractivity contribution in [2.24, 2.45) is 0 Å². The second-order valence-corrected chi connectivity index (χ2v) is 5.32. The summed E-state index contributed by atoms with van der Waals surface area (Å²) in [6, 6.07) is 7.95. The lowest BCUT2D eigenvalue weighted by Crippen LogP contribution is -2.41. The first-order valence-electron chi connectivity index (χ1n) is 6.36. The van der Waals surface area contributed by atoms with E-state index in [9.17, 15) is 4.79 Å². The molecule has 0 spiro atoms. The summed E-state index contributed by atoms with van der Waals surface area (Å²) in [7, 11) is 1.66. The molecule has 1 heterocycles. The molecule has 1 aromatic carbocycles. The number of benzene rings is 1. The number of rotatable bonds is 5. The average Bonchev–Trinajstić information content (AvgIpc) is 2.49. The Morgan fingerprint density at radius 1 is 1.32 bits per heavy atom. The number of ether oxygens (including phenoxy) is 2. The van der Waals surface area contributed by atoms with Crippen LogP contribution in [-0.4, -0.2) is 50.0 Å². The fourth-order valence-electron chi connectivity index (χ4n) is 1.88. The first kappa shape index (κ1) is 14.2. The van der Waals surface area contributed by atoms with Gasteiger partial charge in [0.2, 0.25) is 5.91 Å². The van der Waals surface area contributed by atoms with Gasteiger partial charge in [-0.2, -0.15) is 0 Å². The standard InChI is InChI=1S/C14H19NO3S/c1-17-13-4-2-12(3-5-13)10-19-11-14(16)15-6-8-18-9-7-15/h2-5H,6-11H2,1H3. The van der Waals surface area contributed by atoms with Gasteiger partial charge in [0.25, 0.3) is 0 Å². The number of morpholine rings is 1. The highest BCUT2D eigenvalue weighted by atomic mass is 32.2. The third kappa shape index (κ3) is 4.44. The molecule has 0 N–H and O–H groups in total. The first-order chi connectivity index (χ1) is 9.29. The molecular weight excluding hydrogens is 262 g/mol. The van der Waals surface area contributed by atoms with Gasteiger partial charge in [-0.05, 0) is 17.7 Å². The van der Waals surface area contributed by atoms with Crippen molar-refractivity contribution < 1.29 is 14.3 Å². The van der Waals surface area contributed by atoms with Crippen molar-refractivity contribution in [2.45, 2.75) is 5.75 Å². The molecule has 1 aliphatic heterocycles. The van der Waals surface area contributed by atoms with Crippen LogP contribution in [0.4, 0.5) is 0 Å². The second kappa shape index (κ2) is 7.40. The molecular formula is C14H19NO3S. The fourth-order valence-corrected chi connectivity index (χ4v) is 2.77. The number of carbonyl (C=O) groups is 1. The predicted octanol–water partition coefficient (Wildman–Crippen LogP) is 1.79. The summed E-state index contributed by atoms with van der Waals surface area (Å²) >= 11 is 1.65. The third-order valence-electron chi connectivity index (χ3n) is 3.02. The minimum absolute atomic E-state index is 0.210. The number of hydrogen-bond acceptors (Lipinski definition) is 4. The van der Waals surface area contributed by atoms with E-state index in [0.717, 1.165) is 24.6 Å². The maximum absolute atomic E-state index is 11.9. The maximum atomic E-state index is 11.9. The van der Waals surface area contributed by atoms with E-state index < -0.39 is 0 Å². The van der Waals surface area contributed by atoms with Crippen LogP contribution in [0.15, 0.2) is 24.3 Å². The molecule has 1 aliphatic rings. The Kier molecular flexibility index (Phi) is 5.54. The fraction of sp³-hybridized carbons (Fsp3) is 0.500. The van der Waals surface area contributed by atoms with Crippen molar-refractivity contribution in [3.8, 4) is 5.75 Å². The molecule has 0 aromatic heterocycles. The largest absolute Gasteiger partial charge is 0.497 e. The molecule has 2 rings (SSSR count). The molecule has 0 radical (unpaired) electrons. The molecule has 4 nitrogen and oxygen atoms in total. The SMILES string of the molecule is COc1ccc(CSCC(=O)N2CCOCC2)cc1.